The van der Waals surface area contributed by atoms with E-state index in [4.69, 9.17) is 0 Å². The van der Waals surface area contributed by atoms with Crippen LogP contribution in [0.3, 0.4) is 0 Å². The zero-order valence-electron chi connectivity index (χ0n) is 16.8. The van der Waals surface area contributed by atoms with Gasteiger partial charge in [0.2, 0.25) is 0 Å². The number of aromatic nitrogens is 3. The predicted octanol–water partition coefficient (Wildman–Crippen LogP) is 2.88. The van der Waals surface area contributed by atoms with E-state index < -0.39 is 0 Å². The number of nitrogens with one attached hydrogen (secondary N) is 1. The average Bonchev–Trinajstić information content (AvgIpc) is 3.39. The van der Waals surface area contributed by atoms with Crippen molar-refractivity contribution in [3.05, 3.63) is 74.1 Å². The maximum Gasteiger partial charge on any atom is 0.255 e. The fraction of sp³-hybridized carbons (Fsp3) is 0.455. The van der Waals surface area contributed by atoms with Gasteiger partial charge in [-0.1, -0.05) is 12.1 Å². The number of thiophene rings is 1. The van der Waals surface area contributed by atoms with Crippen molar-refractivity contribution >= 4 is 11.3 Å². The van der Waals surface area contributed by atoms with Crippen molar-refractivity contribution in [2.75, 3.05) is 20.1 Å². The Morgan fingerprint density at radius 2 is 2.14 bits per heavy atom. The number of likely N-dealkylation sites (tertiary alicyclic amines) is 1. The Balaban J connectivity index is 1.32. The molecular weight excluding hydrogens is 382 g/mol. The molecule has 1 fully saturated rings. The highest BCUT2D eigenvalue weighted by Gasteiger charge is 2.35. The molecule has 5 rings (SSSR count). The van der Waals surface area contributed by atoms with Crippen molar-refractivity contribution in [1.29, 1.82) is 0 Å². The summed E-state index contributed by atoms with van der Waals surface area (Å²) in [6.07, 6.45) is 3.00. The van der Waals surface area contributed by atoms with Crippen LogP contribution >= 0.6 is 11.3 Å². The summed E-state index contributed by atoms with van der Waals surface area (Å²) in [7, 11) is 2.09. The van der Waals surface area contributed by atoms with Gasteiger partial charge in [-0.3, -0.25) is 19.7 Å². The molecule has 3 aromatic heterocycles. The molecule has 2 bridgehead atoms. The first-order valence-corrected chi connectivity index (χ1v) is 11.2. The highest BCUT2D eigenvalue weighted by molar-refractivity contribution is 7.09. The Morgan fingerprint density at radius 1 is 1.21 bits per heavy atom. The zero-order chi connectivity index (χ0) is 19.8. The minimum atomic E-state index is 0.206. The minimum Gasteiger partial charge on any atom is -0.312 e. The van der Waals surface area contributed by atoms with Crippen LogP contribution in [0.15, 0.2) is 46.7 Å². The van der Waals surface area contributed by atoms with Gasteiger partial charge in [0.25, 0.3) is 5.56 Å². The molecule has 2 aliphatic heterocycles. The Bertz CT molecular complexity index is 1010. The van der Waals surface area contributed by atoms with Crippen molar-refractivity contribution in [3.63, 3.8) is 0 Å². The van der Waals surface area contributed by atoms with Gasteiger partial charge >= 0.3 is 0 Å². The van der Waals surface area contributed by atoms with Crippen molar-refractivity contribution in [2.24, 2.45) is 5.92 Å². The van der Waals surface area contributed by atoms with Gasteiger partial charge in [0.05, 0.1) is 0 Å². The number of H-pyrrole nitrogens is 1. The highest BCUT2D eigenvalue weighted by atomic mass is 32.1. The molecule has 152 valence electrons. The molecule has 0 amide bonds. The van der Waals surface area contributed by atoms with Gasteiger partial charge in [0.15, 0.2) is 0 Å². The van der Waals surface area contributed by atoms with E-state index >= 15 is 0 Å². The smallest absolute Gasteiger partial charge is 0.255 e. The summed E-state index contributed by atoms with van der Waals surface area (Å²) in [4.78, 5) is 19.3. The van der Waals surface area contributed by atoms with Gasteiger partial charge in [0, 0.05) is 73.2 Å². The molecule has 1 N–H and O–H groups in total. The Kier molecular flexibility index (Phi) is 5.11. The molecule has 5 heterocycles. The van der Waals surface area contributed by atoms with Crippen LogP contribution in [0.2, 0.25) is 0 Å². The van der Waals surface area contributed by atoms with E-state index in [-0.39, 0.29) is 5.56 Å². The van der Waals surface area contributed by atoms with Crippen LogP contribution in [-0.4, -0.2) is 44.7 Å². The topological polar surface area (TPSA) is 57.2 Å². The number of rotatable bonds is 6. The van der Waals surface area contributed by atoms with Crippen LogP contribution in [0.1, 0.15) is 34.2 Å². The van der Waals surface area contributed by atoms with E-state index in [0.717, 1.165) is 44.0 Å². The molecule has 0 spiro atoms. The molecule has 29 heavy (non-hydrogen) atoms. The maximum absolute atomic E-state index is 13.2. The molecule has 3 aromatic rings. The second-order valence-corrected chi connectivity index (χ2v) is 9.56. The normalized spacial score (nSPS) is 21.4. The van der Waals surface area contributed by atoms with Crippen LogP contribution in [-0.2, 0) is 26.2 Å². The van der Waals surface area contributed by atoms with Crippen LogP contribution in [0, 0.1) is 5.92 Å². The van der Waals surface area contributed by atoms with Gasteiger partial charge in [-0.05, 0) is 43.0 Å². The number of nitrogens with zero attached hydrogens (tertiary/aromatic N) is 4. The molecular formula is C22H27N5OS. The summed E-state index contributed by atoms with van der Waals surface area (Å²) >= 11 is 1.77. The third-order valence-corrected chi connectivity index (χ3v) is 7.02. The quantitative estimate of drug-likeness (QED) is 0.680. The van der Waals surface area contributed by atoms with E-state index in [1.165, 1.54) is 17.0 Å². The van der Waals surface area contributed by atoms with E-state index in [0.29, 0.717) is 18.4 Å². The second kappa shape index (κ2) is 7.89. The van der Waals surface area contributed by atoms with Crippen LogP contribution in [0.5, 0.6) is 0 Å². The molecule has 0 saturated carbocycles. The van der Waals surface area contributed by atoms with Crippen molar-refractivity contribution < 1.29 is 0 Å². The second-order valence-electron chi connectivity index (χ2n) is 8.53. The number of hydrogen-bond donors (Lipinski definition) is 1. The van der Waals surface area contributed by atoms with E-state index in [1.54, 1.807) is 11.3 Å². The summed E-state index contributed by atoms with van der Waals surface area (Å²) in [6, 6.07) is 10.5. The third-order valence-electron chi connectivity index (χ3n) is 6.16. The van der Waals surface area contributed by atoms with Gasteiger partial charge in [-0.25, -0.2) is 0 Å². The summed E-state index contributed by atoms with van der Waals surface area (Å²) < 4.78 is 2.07. The van der Waals surface area contributed by atoms with E-state index in [1.807, 2.05) is 12.3 Å². The van der Waals surface area contributed by atoms with E-state index in [2.05, 4.69) is 61.3 Å². The third kappa shape index (κ3) is 3.95. The molecule has 2 atom stereocenters. The fourth-order valence-electron chi connectivity index (χ4n) is 4.97. The lowest BCUT2D eigenvalue weighted by molar-refractivity contribution is 0.113. The number of piperidine rings is 1. The maximum atomic E-state index is 13.2. The fourth-order valence-corrected chi connectivity index (χ4v) is 5.75. The van der Waals surface area contributed by atoms with Crippen LogP contribution < -0.4 is 5.56 Å². The minimum absolute atomic E-state index is 0.206. The number of aromatic amines is 1. The molecule has 7 heteroatoms. The van der Waals surface area contributed by atoms with Gasteiger partial charge in [0.1, 0.15) is 0 Å². The van der Waals surface area contributed by atoms with E-state index in [9.17, 15) is 4.79 Å². The molecule has 1 saturated heterocycles. The number of pyridine rings is 1. The summed E-state index contributed by atoms with van der Waals surface area (Å²) in [5.74, 6) is 0.983. The molecule has 0 aromatic carbocycles. The summed E-state index contributed by atoms with van der Waals surface area (Å²) in [5.41, 5.74) is 3.48. The Morgan fingerprint density at radius 3 is 2.93 bits per heavy atom. The zero-order valence-corrected chi connectivity index (χ0v) is 17.6. The molecule has 0 unspecified atom stereocenters. The Hall–Kier alpha value is -2.22. The lowest BCUT2D eigenvalue weighted by Gasteiger charge is -2.42. The van der Waals surface area contributed by atoms with Crippen LogP contribution in [0.4, 0.5) is 0 Å². The highest BCUT2D eigenvalue weighted by Crippen LogP contribution is 2.35. The molecule has 2 aliphatic rings. The van der Waals surface area contributed by atoms with Gasteiger partial charge in [-0.2, -0.15) is 5.10 Å². The molecule has 0 aliphatic carbocycles. The monoisotopic (exact) mass is 409 g/mol. The largest absolute Gasteiger partial charge is 0.312 e. The standard InChI is InChI=1S/C22H27N5OS/c1-25(15-20-3-2-8-29-20)12-17-4-5-21-18-9-16(11-27(21)22(17)28)10-26(13-18)14-19-6-7-23-24-19/h2-8,16,18H,9-15H2,1H3,(H,23,24)/t16-,18+/m0/s1. The predicted molar refractivity (Wildman–Crippen MR) is 115 cm³/mol. The lowest BCUT2D eigenvalue weighted by Crippen LogP contribution is -2.47. The summed E-state index contributed by atoms with van der Waals surface area (Å²) in [6.45, 7) is 5.37. The van der Waals surface area contributed by atoms with Gasteiger partial charge < -0.3 is 4.57 Å². The first-order chi connectivity index (χ1) is 14.2. The average molecular weight is 410 g/mol. The lowest BCUT2D eigenvalue weighted by atomic mass is 9.83. The summed E-state index contributed by atoms with van der Waals surface area (Å²) in [5, 5.41) is 9.23. The molecule has 0 radical (unpaired) electrons. The first-order valence-electron chi connectivity index (χ1n) is 10.3. The van der Waals surface area contributed by atoms with Crippen molar-refractivity contribution in [3.8, 4) is 0 Å². The van der Waals surface area contributed by atoms with Crippen molar-refractivity contribution in [1.82, 2.24) is 24.6 Å². The van der Waals surface area contributed by atoms with Gasteiger partial charge in [-0.15, -0.1) is 11.3 Å². The number of fused-ring (bicyclic) bond motifs is 4. The first kappa shape index (κ1) is 18.8. The van der Waals surface area contributed by atoms with Crippen LogP contribution in [0.25, 0.3) is 0 Å². The SMILES string of the molecule is CN(Cc1cccs1)Cc1ccc2n(c1=O)C[C@H]1C[C@@H]2CN(Cc2ccn[nH]2)C1. The number of hydrogen-bond acceptors (Lipinski definition) is 5. The Labute approximate surface area is 174 Å². The molecule has 6 nitrogen and oxygen atoms in total. The van der Waals surface area contributed by atoms with Crippen molar-refractivity contribution in [2.45, 2.75) is 38.5 Å².